The van der Waals surface area contributed by atoms with Gasteiger partial charge in [0.2, 0.25) is 0 Å². The molecule has 3 heterocycles. The molecule has 10 heteroatoms. The quantitative estimate of drug-likeness (QED) is 0.292. The summed E-state index contributed by atoms with van der Waals surface area (Å²) in [5.41, 5.74) is 2.96. The molecule has 1 fully saturated rings. The lowest BCUT2D eigenvalue weighted by atomic mass is 9.93. The Hall–Kier alpha value is -4.05. The molecule has 194 valence electrons. The van der Waals surface area contributed by atoms with Crippen LogP contribution in [0.3, 0.4) is 0 Å². The fourth-order valence-corrected chi connectivity index (χ4v) is 6.74. The van der Waals surface area contributed by atoms with Crippen LogP contribution in [0.2, 0.25) is 0 Å². The minimum absolute atomic E-state index is 0.00812. The van der Waals surface area contributed by atoms with E-state index in [9.17, 15) is 13.2 Å². The second-order valence-electron chi connectivity index (χ2n) is 9.79. The van der Waals surface area contributed by atoms with Crippen LogP contribution in [0.5, 0.6) is 0 Å². The highest BCUT2D eigenvalue weighted by Gasteiger charge is 2.39. The van der Waals surface area contributed by atoms with Crippen molar-refractivity contribution in [2.24, 2.45) is 5.92 Å². The summed E-state index contributed by atoms with van der Waals surface area (Å²) in [5, 5.41) is 8.85. The first-order chi connectivity index (χ1) is 18.4. The highest BCUT2D eigenvalue weighted by atomic mass is 32.2. The Morgan fingerprint density at radius 2 is 1.79 bits per heavy atom. The number of carbonyl (C=O) groups is 1. The minimum atomic E-state index is -3.84. The zero-order chi connectivity index (χ0) is 26.4. The third-order valence-electron chi connectivity index (χ3n) is 7.43. The Morgan fingerprint density at radius 1 is 1.03 bits per heavy atom. The predicted molar refractivity (Wildman–Crippen MR) is 141 cm³/mol. The van der Waals surface area contributed by atoms with Crippen molar-refractivity contribution >= 4 is 32.8 Å². The van der Waals surface area contributed by atoms with Crippen molar-refractivity contribution in [3.63, 3.8) is 0 Å². The van der Waals surface area contributed by atoms with Crippen LogP contribution in [0.25, 0.3) is 16.8 Å². The molecular formula is C28H27N5O4S. The summed E-state index contributed by atoms with van der Waals surface area (Å²) >= 11 is 0. The van der Waals surface area contributed by atoms with Crippen molar-refractivity contribution in [1.29, 1.82) is 0 Å². The first kappa shape index (κ1) is 24.3. The Labute approximate surface area is 220 Å². The van der Waals surface area contributed by atoms with Gasteiger partial charge < -0.3 is 4.74 Å². The van der Waals surface area contributed by atoms with E-state index in [1.807, 2.05) is 29.5 Å². The fourth-order valence-electron chi connectivity index (χ4n) is 5.44. The van der Waals surface area contributed by atoms with Gasteiger partial charge in [-0.2, -0.15) is 0 Å². The monoisotopic (exact) mass is 529 g/mol. The summed E-state index contributed by atoms with van der Waals surface area (Å²) < 4.78 is 35.8. The lowest BCUT2D eigenvalue weighted by Gasteiger charge is -2.16. The number of aromatic nitrogens is 5. The summed E-state index contributed by atoms with van der Waals surface area (Å²) in [4.78, 5) is 17.3. The summed E-state index contributed by atoms with van der Waals surface area (Å²) in [7, 11) is -3.84. The Balaban J connectivity index is 1.36. The first-order valence-corrected chi connectivity index (χ1v) is 14.1. The third-order valence-corrected chi connectivity index (χ3v) is 9.11. The number of aryl methyl sites for hydroxylation is 1. The van der Waals surface area contributed by atoms with E-state index in [0.717, 1.165) is 24.2 Å². The fraction of sp³-hybridized carbons (Fsp3) is 0.286. The van der Waals surface area contributed by atoms with Crippen LogP contribution in [0.1, 0.15) is 53.8 Å². The topological polar surface area (TPSA) is 108 Å². The molecule has 1 aliphatic carbocycles. The molecule has 3 aromatic heterocycles. The van der Waals surface area contributed by atoms with Gasteiger partial charge in [0.15, 0.2) is 11.3 Å². The largest absolute Gasteiger partial charge is 0.459 e. The van der Waals surface area contributed by atoms with Gasteiger partial charge in [-0.05, 0) is 56.0 Å². The summed E-state index contributed by atoms with van der Waals surface area (Å²) in [6.07, 6.45) is 5.05. The molecule has 0 N–H and O–H groups in total. The van der Waals surface area contributed by atoms with E-state index in [2.05, 4.69) is 22.1 Å². The smallest absolute Gasteiger partial charge is 0.338 e. The van der Waals surface area contributed by atoms with Crippen LogP contribution in [-0.2, 0) is 14.8 Å². The normalized spacial score (nSPS) is 19.8. The van der Waals surface area contributed by atoms with E-state index in [0.29, 0.717) is 28.8 Å². The molecule has 6 rings (SSSR count). The van der Waals surface area contributed by atoms with Crippen molar-refractivity contribution in [1.82, 2.24) is 23.6 Å². The predicted octanol–water partition coefficient (Wildman–Crippen LogP) is 4.75. The Morgan fingerprint density at radius 3 is 2.53 bits per heavy atom. The van der Waals surface area contributed by atoms with Crippen molar-refractivity contribution in [3.8, 4) is 0 Å². The molecule has 3 unspecified atom stereocenters. The summed E-state index contributed by atoms with van der Waals surface area (Å²) in [6, 6.07) is 17.5. The average Bonchev–Trinajstić information content (AvgIpc) is 3.65. The van der Waals surface area contributed by atoms with E-state index in [-0.39, 0.29) is 28.8 Å². The van der Waals surface area contributed by atoms with Crippen LogP contribution >= 0.6 is 0 Å². The average molecular weight is 530 g/mol. The number of benzene rings is 2. The Bertz CT molecular complexity index is 1740. The number of nitrogens with zero attached hydrogens (tertiary/aromatic N) is 5. The number of esters is 1. The third kappa shape index (κ3) is 4.05. The van der Waals surface area contributed by atoms with Gasteiger partial charge in [-0.1, -0.05) is 49.2 Å². The molecule has 1 aliphatic rings. The van der Waals surface area contributed by atoms with Gasteiger partial charge in [0.25, 0.3) is 10.0 Å². The lowest BCUT2D eigenvalue weighted by Crippen LogP contribution is -2.15. The number of hydrogen-bond donors (Lipinski definition) is 0. The molecule has 0 aliphatic heterocycles. The second-order valence-corrected chi connectivity index (χ2v) is 11.6. The summed E-state index contributed by atoms with van der Waals surface area (Å²) in [6.45, 7) is 4.02. The van der Waals surface area contributed by atoms with Gasteiger partial charge in [-0.15, -0.1) is 10.2 Å². The molecule has 2 aromatic carbocycles. The maximum atomic E-state index is 13.4. The van der Waals surface area contributed by atoms with E-state index in [4.69, 9.17) is 4.74 Å². The van der Waals surface area contributed by atoms with Gasteiger partial charge in [0.05, 0.1) is 22.2 Å². The maximum absolute atomic E-state index is 13.4. The molecule has 3 atom stereocenters. The molecule has 5 aromatic rings. The number of ether oxygens (including phenoxy) is 1. The lowest BCUT2D eigenvalue weighted by molar-refractivity contribution is 0.0307. The van der Waals surface area contributed by atoms with Crippen LogP contribution in [0.15, 0.2) is 78.0 Å². The van der Waals surface area contributed by atoms with E-state index in [1.165, 1.54) is 10.2 Å². The van der Waals surface area contributed by atoms with Gasteiger partial charge in [0, 0.05) is 12.1 Å². The molecule has 9 nitrogen and oxygen atoms in total. The van der Waals surface area contributed by atoms with Gasteiger partial charge in [0.1, 0.15) is 11.9 Å². The van der Waals surface area contributed by atoms with Crippen LogP contribution in [0, 0.1) is 12.8 Å². The molecule has 0 amide bonds. The number of rotatable bonds is 6. The molecule has 0 bridgehead atoms. The van der Waals surface area contributed by atoms with Gasteiger partial charge in [-0.3, -0.25) is 4.40 Å². The SMILES string of the molecule is CCC1CC(OC(=O)c2ccccc2)CC1c1nnc2cnc3c(ccn3S(=O)(=O)c3ccc(C)cc3)n12. The number of hydrogen-bond acceptors (Lipinski definition) is 7. The molecule has 1 saturated carbocycles. The van der Waals surface area contributed by atoms with Gasteiger partial charge >= 0.3 is 5.97 Å². The standard InChI is InChI=1S/C28H27N5O4S/c1-3-19-15-21(37-28(34)20-7-5-4-6-8-20)16-23(19)26-31-30-25-17-29-27-24(33(25)26)13-14-32(27)38(35,36)22-11-9-18(2)10-12-22/h4-14,17,19,21,23H,3,15-16H2,1-2H3. The molecule has 0 spiro atoms. The van der Waals surface area contributed by atoms with Crippen molar-refractivity contribution in [2.75, 3.05) is 0 Å². The van der Waals surface area contributed by atoms with Crippen LogP contribution in [-0.4, -0.2) is 44.0 Å². The van der Waals surface area contributed by atoms with Crippen LogP contribution in [0.4, 0.5) is 0 Å². The van der Waals surface area contributed by atoms with E-state index < -0.39 is 10.0 Å². The molecule has 0 saturated heterocycles. The number of carbonyl (C=O) groups excluding carboxylic acids is 1. The summed E-state index contributed by atoms with van der Waals surface area (Å²) in [5.74, 6) is 0.619. The van der Waals surface area contributed by atoms with Crippen molar-refractivity contribution < 1.29 is 17.9 Å². The van der Waals surface area contributed by atoms with Crippen LogP contribution < -0.4 is 0 Å². The molecule has 38 heavy (non-hydrogen) atoms. The van der Waals surface area contributed by atoms with E-state index >= 15 is 0 Å². The molecule has 0 radical (unpaired) electrons. The van der Waals surface area contributed by atoms with Crippen molar-refractivity contribution in [3.05, 3.63) is 90.0 Å². The highest BCUT2D eigenvalue weighted by Crippen LogP contribution is 2.43. The zero-order valence-corrected chi connectivity index (χ0v) is 21.9. The van der Waals surface area contributed by atoms with Gasteiger partial charge in [-0.25, -0.2) is 22.2 Å². The Kier molecular flexibility index (Phi) is 5.98. The zero-order valence-electron chi connectivity index (χ0n) is 21.1. The number of fused-ring (bicyclic) bond motifs is 3. The highest BCUT2D eigenvalue weighted by molar-refractivity contribution is 7.90. The van der Waals surface area contributed by atoms with Crippen molar-refractivity contribution in [2.45, 2.75) is 50.0 Å². The first-order valence-electron chi connectivity index (χ1n) is 12.7. The second kappa shape index (κ2) is 9.36. The maximum Gasteiger partial charge on any atom is 0.338 e. The molecular weight excluding hydrogens is 502 g/mol. The van der Waals surface area contributed by atoms with E-state index in [1.54, 1.807) is 48.7 Å². The minimum Gasteiger partial charge on any atom is -0.459 e.